The van der Waals surface area contributed by atoms with Gasteiger partial charge in [-0.05, 0) is 36.8 Å². The van der Waals surface area contributed by atoms with Crippen molar-refractivity contribution in [3.8, 4) is 5.75 Å². The lowest BCUT2D eigenvalue weighted by Gasteiger charge is -2.18. The average molecular weight is 347 g/mol. The fourth-order valence-corrected chi connectivity index (χ4v) is 2.86. The average Bonchev–Trinajstić information content (AvgIpc) is 2.55. The van der Waals surface area contributed by atoms with Gasteiger partial charge in [0.15, 0.2) is 9.84 Å². The fraction of sp³-hybridized carbons (Fsp3) is 0.278. The summed E-state index contributed by atoms with van der Waals surface area (Å²) < 4.78 is 28.9. The molecule has 0 saturated carbocycles. The minimum atomic E-state index is -3.34. The van der Waals surface area contributed by atoms with Crippen molar-refractivity contribution < 1.29 is 17.9 Å². The van der Waals surface area contributed by atoms with E-state index in [0.717, 1.165) is 17.6 Å². The topological polar surface area (TPSA) is 63.7 Å². The zero-order valence-electron chi connectivity index (χ0n) is 14.0. The van der Waals surface area contributed by atoms with Crippen LogP contribution in [0.1, 0.15) is 15.9 Å². The summed E-state index contributed by atoms with van der Waals surface area (Å²) in [4.78, 5) is 14.1. The lowest BCUT2D eigenvalue weighted by molar-refractivity contribution is 0.0773. The van der Waals surface area contributed by atoms with E-state index >= 15 is 0 Å². The van der Waals surface area contributed by atoms with Gasteiger partial charge in [0.2, 0.25) is 0 Å². The molecule has 1 amide bonds. The Morgan fingerprint density at radius 1 is 1.12 bits per heavy atom. The molecule has 0 aliphatic carbocycles. The SMILES string of the molecule is Cc1ccccc1OCCN(C)C(=O)c1cccc(S(C)(=O)=O)c1. The van der Waals surface area contributed by atoms with Gasteiger partial charge in [0.1, 0.15) is 12.4 Å². The van der Waals surface area contributed by atoms with Crippen LogP contribution in [0.15, 0.2) is 53.4 Å². The molecule has 0 unspecified atom stereocenters. The normalized spacial score (nSPS) is 11.1. The van der Waals surface area contributed by atoms with Crippen molar-refractivity contribution >= 4 is 15.7 Å². The lowest BCUT2D eigenvalue weighted by atomic mass is 10.2. The number of sulfone groups is 1. The second-order valence-corrected chi connectivity index (χ2v) is 7.66. The quantitative estimate of drug-likeness (QED) is 0.806. The third kappa shape index (κ3) is 4.58. The summed E-state index contributed by atoms with van der Waals surface area (Å²) in [6.45, 7) is 2.72. The number of ether oxygens (including phenoxy) is 1. The summed E-state index contributed by atoms with van der Waals surface area (Å²) >= 11 is 0. The molecule has 0 fully saturated rings. The molecule has 0 aliphatic heterocycles. The second-order valence-electron chi connectivity index (χ2n) is 5.64. The Labute approximate surface area is 142 Å². The molecule has 24 heavy (non-hydrogen) atoms. The van der Waals surface area contributed by atoms with Crippen LogP contribution in [-0.4, -0.2) is 45.7 Å². The Morgan fingerprint density at radius 3 is 2.50 bits per heavy atom. The number of carbonyl (C=O) groups excluding carboxylic acids is 1. The molecule has 2 aromatic rings. The van der Waals surface area contributed by atoms with E-state index in [1.807, 2.05) is 31.2 Å². The highest BCUT2D eigenvalue weighted by molar-refractivity contribution is 7.90. The molecule has 2 rings (SSSR count). The molecule has 0 bridgehead atoms. The fourth-order valence-electron chi connectivity index (χ4n) is 2.19. The maximum absolute atomic E-state index is 12.4. The Morgan fingerprint density at radius 2 is 1.83 bits per heavy atom. The summed E-state index contributed by atoms with van der Waals surface area (Å²) in [6, 6.07) is 13.7. The standard InChI is InChI=1S/C18H21NO4S/c1-14-7-4-5-10-17(14)23-12-11-19(2)18(20)15-8-6-9-16(13-15)24(3,21)22/h4-10,13H,11-12H2,1-3H3. The van der Waals surface area contributed by atoms with Crippen LogP contribution < -0.4 is 4.74 Å². The van der Waals surface area contributed by atoms with Crippen LogP contribution in [0.25, 0.3) is 0 Å². The maximum atomic E-state index is 12.4. The van der Waals surface area contributed by atoms with Crippen molar-refractivity contribution in [3.63, 3.8) is 0 Å². The van der Waals surface area contributed by atoms with Crippen LogP contribution >= 0.6 is 0 Å². The van der Waals surface area contributed by atoms with Crippen LogP contribution in [0.5, 0.6) is 5.75 Å². The van der Waals surface area contributed by atoms with Crippen molar-refractivity contribution in [2.24, 2.45) is 0 Å². The molecule has 0 N–H and O–H groups in total. The van der Waals surface area contributed by atoms with Gasteiger partial charge in [-0.1, -0.05) is 24.3 Å². The highest BCUT2D eigenvalue weighted by atomic mass is 32.2. The molecule has 0 heterocycles. The zero-order valence-corrected chi connectivity index (χ0v) is 14.8. The zero-order chi connectivity index (χ0) is 17.7. The van der Waals surface area contributed by atoms with Gasteiger partial charge in [0, 0.05) is 18.9 Å². The first-order chi connectivity index (χ1) is 11.3. The van der Waals surface area contributed by atoms with Crippen molar-refractivity contribution in [2.45, 2.75) is 11.8 Å². The van der Waals surface area contributed by atoms with Gasteiger partial charge in [-0.2, -0.15) is 0 Å². The van der Waals surface area contributed by atoms with Gasteiger partial charge in [-0.15, -0.1) is 0 Å². The number of nitrogens with zero attached hydrogens (tertiary/aromatic N) is 1. The molecular formula is C18H21NO4S. The second kappa shape index (κ2) is 7.49. The molecule has 0 aliphatic rings. The molecule has 6 heteroatoms. The molecule has 0 atom stereocenters. The van der Waals surface area contributed by atoms with Gasteiger partial charge < -0.3 is 9.64 Å². The number of aryl methyl sites for hydroxylation is 1. The number of hydrogen-bond acceptors (Lipinski definition) is 4. The van der Waals surface area contributed by atoms with Crippen molar-refractivity contribution in [3.05, 3.63) is 59.7 Å². The Bertz CT molecular complexity index is 830. The van der Waals surface area contributed by atoms with E-state index in [1.54, 1.807) is 19.2 Å². The molecule has 2 aromatic carbocycles. The minimum absolute atomic E-state index is 0.137. The third-order valence-corrected chi connectivity index (χ3v) is 4.74. The van der Waals surface area contributed by atoms with Crippen LogP contribution in [-0.2, 0) is 9.84 Å². The number of likely N-dealkylation sites (N-methyl/N-ethyl adjacent to an activating group) is 1. The molecule has 0 spiro atoms. The van der Waals surface area contributed by atoms with Gasteiger partial charge >= 0.3 is 0 Å². The number of amides is 1. The molecule has 128 valence electrons. The van der Waals surface area contributed by atoms with Crippen molar-refractivity contribution in [2.75, 3.05) is 26.5 Å². The molecular weight excluding hydrogens is 326 g/mol. The summed E-state index contributed by atoms with van der Waals surface area (Å²) in [6.07, 6.45) is 1.12. The molecule has 0 radical (unpaired) electrons. The van der Waals surface area contributed by atoms with E-state index in [1.165, 1.54) is 17.0 Å². The smallest absolute Gasteiger partial charge is 0.253 e. The lowest BCUT2D eigenvalue weighted by Crippen LogP contribution is -2.31. The summed E-state index contributed by atoms with van der Waals surface area (Å²) in [5, 5.41) is 0. The van der Waals surface area contributed by atoms with Crippen molar-refractivity contribution in [1.29, 1.82) is 0 Å². The van der Waals surface area contributed by atoms with E-state index < -0.39 is 9.84 Å². The summed E-state index contributed by atoms with van der Waals surface area (Å²) in [7, 11) is -1.67. The van der Waals surface area contributed by atoms with Crippen LogP contribution in [0.2, 0.25) is 0 Å². The van der Waals surface area contributed by atoms with E-state index in [4.69, 9.17) is 4.74 Å². The first kappa shape index (κ1) is 18.0. The predicted molar refractivity (Wildman–Crippen MR) is 93.2 cm³/mol. The van der Waals surface area contributed by atoms with E-state index in [2.05, 4.69) is 0 Å². The first-order valence-corrected chi connectivity index (χ1v) is 9.42. The Kier molecular flexibility index (Phi) is 5.62. The largest absolute Gasteiger partial charge is 0.491 e. The molecule has 0 aromatic heterocycles. The minimum Gasteiger partial charge on any atom is -0.491 e. The molecule has 5 nitrogen and oxygen atoms in total. The van der Waals surface area contributed by atoms with Crippen molar-refractivity contribution in [1.82, 2.24) is 4.90 Å². The van der Waals surface area contributed by atoms with E-state index in [0.29, 0.717) is 18.7 Å². The van der Waals surface area contributed by atoms with Gasteiger partial charge in [0.05, 0.1) is 11.4 Å². The van der Waals surface area contributed by atoms with E-state index in [-0.39, 0.29) is 10.8 Å². The monoisotopic (exact) mass is 347 g/mol. The van der Waals surface area contributed by atoms with Gasteiger partial charge in [-0.25, -0.2) is 8.42 Å². The van der Waals surface area contributed by atoms with Crippen LogP contribution in [0, 0.1) is 6.92 Å². The number of hydrogen-bond donors (Lipinski definition) is 0. The Hall–Kier alpha value is -2.34. The number of para-hydroxylation sites is 1. The van der Waals surface area contributed by atoms with Crippen LogP contribution in [0.4, 0.5) is 0 Å². The molecule has 0 saturated heterocycles. The maximum Gasteiger partial charge on any atom is 0.253 e. The number of rotatable bonds is 6. The van der Waals surface area contributed by atoms with Crippen LogP contribution in [0.3, 0.4) is 0 Å². The summed E-state index contributed by atoms with van der Waals surface area (Å²) in [5.74, 6) is 0.548. The Balaban J connectivity index is 1.99. The third-order valence-electron chi connectivity index (χ3n) is 3.63. The van der Waals surface area contributed by atoms with Gasteiger partial charge in [0.25, 0.3) is 5.91 Å². The highest BCUT2D eigenvalue weighted by Crippen LogP contribution is 2.16. The predicted octanol–water partition coefficient (Wildman–Crippen LogP) is 2.55. The summed E-state index contributed by atoms with van der Waals surface area (Å²) in [5.41, 5.74) is 1.38. The van der Waals surface area contributed by atoms with Gasteiger partial charge in [-0.3, -0.25) is 4.79 Å². The number of benzene rings is 2. The number of carbonyl (C=O) groups is 1. The highest BCUT2D eigenvalue weighted by Gasteiger charge is 2.15. The first-order valence-electron chi connectivity index (χ1n) is 7.53. The van der Waals surface area contributed by atoms with E-state index in [9.17, 15) is 13.2 Å².